The molecule has 0 radical (unpaired) electrons. The Kier molecular flexibility index (Phi) is 22.6. The molecule has 4 heterocycles. The van der Waals surface area contributed by atoms with Crippen molar-refractivity contribution in [3.63, 3.8) is 0 Å². The molecule has 79 heavy (non-hydrogen) atoms. The second-order valence-electron chi connectivity index (χ2n) is 19.2. The number of anilines is 3. The molecule has 5 aromatic rings. The molecule has 0 spiro atoms. The first-order valence-corrected chi connectivity index (χ1v) is 26.2. The predicted molar refractivity (Wildman–Crippen MR) is 289 cm³/mol. The van der Waals surface area contributed by atoms with E-state index in [1.165, 1.54) is 25.1 Å². The average molecular weight is 1120 g/mol. The number of thiazole rings is 1. The summed E-state index contributed by atoms with van der Waals surface area (Å²) in [5.74, 6) is -3.79. The van der Waals surface area contributed by atoms with Crippen LogP contribution in [0.5, 0.6) is 5.75 Å². The number of nitrogens with one attached hydrogen (secondary N) is 5. The molecule has 0 bridgehead atoms. The van der Waals surface area contributed by atoms with Gasteiger partial charge in [-0.2, -0.15) is 5.10 Å². The van der Waals surface area contributed by atoms with Crippen molar-refractivity contribution in [3.8, 4) is 27.6 Å². The van der Waals surface area contributed by atoms with Crippen LogP contribution in [0.1, 0.15) is 48.9 Å². The summed E-state index contributed by atoms with van der Waals surface area (Å²) in [6.45, 7) is 7.77. The highest BCUT2D eigenvalue weighted by Crippen LogP contribution is 2.38. The third-order valence-electron chi connectivity index (χ3n) is 12.2. The van der Waals surface area contributed by atoms with Crippen LogP contribution in [0.3, 0.4) is 0 Å². The second kappa shape index (κ2) is 29.4. The number of likely N-dealkylation sites (tertiary alicyclic amines) is 1. The zero-order valence-electron chi connectivity index (χ0n) is 45.2. The molecular formula is C52H69N13O13S. The Morgan fingerprint density at radius 3 is 2.16 bits per heavy atom. The third-order valence-corrected chi connectivity index (χ3v) is 13.2. The molecule has 26 nitrogen and oxygen atoms in total. The first kappa shape index (κ1) is 60.7. The quantitative estimate of drug-likeness (QED) is 0.0322. The lowest BCUT2D eigenvalue weighted by molar-refractivity contribution is -0.158. The van der Waals surface area contributed by atoms with E-state index >= 15 is 0 Å². The van der Waals surface area contributed by atoms with Crippen LogP contribution < -0.4 is 37.1 Å². The second-order valence-corrected chi connectivity index (χ2v) is 20.0. The number of carbonyl (C=O) groups excluding carboxylic acids is 6. The van der Waals surface area contributed by atoms with E-state index in [9.17, 15) is 33.9 Å². The van der Waals surface area contributed by atoms with Crippen molar-refractivity contribution in [1.82, 2.24) is 50.8 Å². The molecule has 6 amide bonds. The number of nitrogens with zero attached hydrogens (tertiary/aromatic N) is 7. The molecular weight excluding hydrogens is 1050 g/mol. The van der Waals surface area contributed by atoms with Crippen LogP contribution in [0.4, 0.5) is 17.2 Å². The van der Waals surface area contributed by atoms with Crippen LogP contribution in [0.15, 0.2) is 60.4 Å². The van der Waals surface area contributed by atoms with E-state index < -0.39 is 71.6 Å². The van der Waals surface area contributed by atoms with Gasteiger partial charge in [0, 0.05) is 39.7 Å². The highest BCUT2D eigenvalue weighted by molar-refractivity contribution is 7.13. The standard InChI is InChI=1S/C52H69N13O13S/c1-31-46(79-30-58-31)33-13-11-32(12-14-33)25-56-49(70)38-23-34(66)27-65(38)51(72)42(52(2,3)4)45(47(53)69)78-22-21-76-18-17-74-15-16-75-19-20-77-28-41(68)55-26-40(67)60-39-24-37(43(62-61-39)50(71)54-5)59-36-10-8-9-35(44(36)73-7)48-57-29-64(6)63-48/h8-14,24,29-30,34,38,42,45,66H,15-23,25-28H2,1-7H3,(H2,53,69)(H,54,71)(H,55,68)(H,56,70)(H2,59,60,61,67)/t34-,38+,42+,45?/m1/s1. The minimum atomic E-state index is -1.35. The molecule has 4 atom stereocenters. The first-order valence-electron chi connectivity index (χ1n) is 25.3. The highest BCUT2D eigenvalue weighted by Gasteiger charge is 2.48. The van der Waals surface area contributed by atoms with Crippen molar-refractivity contribution in [3.05, 3.63) is 77.3 Å². The Bertz CT molecular complexity index is 2860. The summed E-state index contributed by atoms with van der Waals surface area (Å²) < 4.78 is 35.1. The lowest BCUT2D eigenvalue weighted by atomic mass is 9.76. The molecule has 1 unspecified atom stereocenters. The maximum absolute atomic E-state index is 14.2. The molecule has 0 aliphatic carbocycles. The lowest BCUT2D eigenvalue weighted by Gasteiger charge is -2.38. The molecule has 1 fully saturated rings. The fourth-order valence-electron chi connectivity index (χ4n) is 8.39. The van der Waals surface area contributed by atoms with Gasteiger partial charge in [-0.1, -0.05) is 51.1 Å². The number of hydrogen-bond acceptors (Lipinski definition) is 20. The molecule has 1 saturated heterocycles. The van der Waals surface area contributed by atoms with Gasteiger partial charge >= 0.3 is 0 Å². The lowest BCUT2D eigenvalue weighted by Crippen LogP contribution is -2.55. The number of β-amino-alcohol motifs (C(OH)–C–C–N with tert-alkyl or cyclic N) is 1. The molecule has 1 aliphatic heterocycles. The number of para-hydroxylation sites is 1. The van der Waals surface area contributed by atoms with E-state index in [-0.39, 0.29) is 96.2 Å². The van der Waals surface area contributed by atoms with Gasteiger partial charge in [-0.05, 0) is 35.6 Å². The number of aliphatic hydroxyl groups is 1. The molecule has 1 aliphatic rings. The van der Waals surface area contributed by atoms with Crippen LogP contribution in [0, 0.1) is 18.3 Å². The number of aromatic nitrogens is 6. The molecule has 426 valence electrons. The van der Waals surface area contributed by atoms with E-state index in [0.29, 0.717) is 22.8 Å². The average Bonchev–Trinajstić information content (AvgIpc) is 4.28. The van der Waals surface area contributed by atoms with Gasteiger partial charge in [-0.25, -0.2) is 9.97 Å². The molecule has 0 saturated carbocycles. The van der Waals surface area contributed by atoms with Crippen molar-refractivity contribution in [2.75, 3.05) is 97.3 Å². The number of hydrogen-bond donors (Lipinski definition) is 7. The SMILES string of the molecule is CNC(=O)c1nnc(NC(=O)CNC(=O)COCCOCCOCCOCCOC(C(N)=O)[C@@H](C(=O)N2C[C@H](O)C[C@H]2C(=O)NCc2ccc(-c3scnc3C)cc2)C(C)(C)C)cc1Nc1cccc(-c2ncn(C)n2)c1OC. The number of benzene rings is 2. The minimum Gasteiger partial charge on any atom is -0.494 e. The van der Waals surface area contributed by atoms with Crippen LogP contribution in [0.25, 0.3) is 21.8 Å². The van der Waals surface area contributed by atoms with Gasteiger partial charge in [0.05, 0.1) is 112 Å². The zero-order chi connectivity index (χ0) is 57.1. The van der Waals surface area contributed by atoms with Crippen molar-refractivity contribution >= 4 is 64.0 Å². The summed E-state index contributed by atoms with van der Waals surface area (Å²) in [6.07, 6.45) is -0.707. The predicted octanol–water partition coefficient (Wildman–Crippen LogP) is 1.75. The zero-order valence-corrected chi connectivity index (χ0v) is 46.1. The van der Waals surface area contributed by atoms with Gasteiger partial charge in [0.25, 0.3) is 5.91 Å². The molecule has 6 rings (SSSR count). The van der Waals surface area contributed by atoms with Gasteiger partial charge in [-0.15, -0.1) is 21.5 Å². The van der Waals surface area contributed by atoms with Crippen molar-refractivity contribution in [2.24, 2.45) is 24.1 Å². The Labute approximate surface area is 460 Å². The summed E-state index contributed by atoms with van der Waals surface area (Å²) in [4.78, 5) is 89.4. The van der Waals surface area contributed by atoms with E-state index in [4.69, 9.17) is 34.2 Å². The normalized spacial score (nSPS) is 15.0. The van der Waals surface area contributed by atoms with Gasteiger partial charge in [0.2, 0.25) is 29.5 Å². The highest BCUT2D eigenvalue weighted by atomic mass is 32.1. The van der Waals surface area contributed by atoms with Crippen LogP contribution >= 0.6 is 11.3 Å². The summed E-state index contributed by atoms with van der Waals surface area (Å²) in [5.41, 5.74) is 10.8. The number of carbonyl (C=O) groups is 6. The number of aryl methyl sites for hydroxylation is 2. The largest absolute Gasteiger partial charge is 0.494 e. The Balaban J connectivity index is 0.831. The van der Waals surface area contributed by atoms with Crippen LogP contribution in [-0.4, -0.2) is 180 Å². The van der Waals surface area contributed by atoms with E-state index in [0.717, 1.165) is 21.7 Å². The third kappa shape index (κ3) is 17.5. The van der Waals surface area contributed by atoms with Gasteiger partial charge in [0.15, 0.2) is 23.1 Å². The maximum Gasteiger partial charge on any atom is 0.273 e. The first-order chi connectivity index (χ1) is 37.9. The topological polar surface area (TPSA) is 337 Å². The maximum atomic E-state index is 14.2. The summed E-state index contributed by atoms with van der Waals surface area (Å²) >= 11 is 1.55. The Morgan fingerprint density at radius 2 is 1.56 bits per heavy atom. The number of methoxy groups -OCH3 is 1. The fraction of sp³-hybridized carbons (Fsp3) is 0.481. The number of aliphatic hydroxyl groups excluding tert-OH is 1. The summed E-state index contributed by atoms with van der Waals surface area (Å²) in [7, 11) is 4.66. The number of rotatable bonds is 30. The van der Waals surface area contributed by atoms with Crippen molar-refractivity contribution in [1.29, 1.82) is 0 Å². The number of amides is 6. The number of nitrogens with two attached hydrogens (primary N) is 1. The van der Waals surface area contributed by atoms with Gasteiger partial charge in [-0.3, -0.25) is 33.4 Å². The Morgan fingerprint density at radius 1 is 0.873 bits per heavy atom. The number of primary amides is 1. The molecule has 8 N–H and O–H groups in total. The van der Waals surface area contributed by atoms with Crippen LogP contribution in [-0.2, 0) is 61.2 Å². The number of ether oxygens (including phenoxy) is 6. The Hall–Kier alpha value is -7.53. The van der Waals surface area contributed by atoms with Gasteiger partial charge < -0.3 is 70.7 Å². The molecule has 3 aromatic heterocycles. The fourth-order valence-corrected chi connectivity index (χ4v) is 9.20. The summed E-state index contributed by atoms with van der Waals surface area (Å²) in [5, 5.41) is 36.5. The van der Waals surface area contributed by atoms with Crippen molar-refractivity contribution in [2.45, 2.75) is 58.9 Å². The van der Waals surface area contributed by atoms with Crippen molar-refractivity contribution < 1.29 is 62.3 Å². The smallest absolute Gasteiger partial charge is 0.273 e. The molecule has 2 aromatic carbocycles. The summed E-state index contributed by atoms with van der Waals surface area (Å²) in [6, 6.07) is 13.5. The minimum absolute atomic E-state index is 0.000132. The van der Waals surface area contributed by atoms with Gasteiger partial charge in [0.1, 0.15) is 25.1 Å². The van der Waals surface area contributed by atoms with E-state index in [1.807, 2.05) is 31.2 Å². The van der Waals surface area contributed by atoms with Crippen LogP contribution in [0.2, 0.25) is 0 Å². The monoisotopic (exact) mass is 1120 g/mol. The van der Waals surface area contributed by atoms with E-state index in [1.54, 1.807) is 73.9 Å². The molecule has 27 heteroatoms. The van der Waals surface area contributed by atoms with E-state index in [2.05, 4.69) is 51.8 Å².